The molecule has 0 aliphatic carbocycles. The van der Waals surface area contributed by atoms with E-state index >= 15 is 0 Å². The molecular weight excluding hydrogens is 172 g/mol. The van der Waals surface area contributed by atoms with E-state index in [1.807, 2.05) is 6.92 Å². The fraction of sp³-hybridized carbons (Fsp3) is 0.625. The largest absolute Gasteiger partial charge is 0.378 e. The Morgan fingerprint density at radius 3 is 3.25 bits per heavy atom. The molecule has 3 nitrogen and oxygen atoms in total. The summed E-state index contributed by atoms with van der Waals surface area (Å²) in [4.78, 5) is 4.41. The minimum atomic E-state index is 0.309. The Morgan fingerprint density at radius 2 is 2.67 bits per heavy atom. The predicted molar refractivity (Wildman–Crippen MR) is 48.4 cm³/mol. The maximum Gasteiger partial charge on any atom is 0.0898 e. The summed E-state index contributed by atoms with van der Waals surface area (Å²) < 4.78 is 5.35. The molecule has 1 aliphatic heterocycles. The second-order valence-electron chi connectivity index (χ2n) is 2.87. The van der Waals surface area contributed by atoms with Crippen molar-refractivity contribution in [2.45, 2.75) is 13.0 Å². The number of nitrogens with zero attached hydrogens (tertiary/aromatic N) is 1. The molecule has 1 aromatic heterocycles. The Labute approximate surface area is 75.8 Å². The van der Waals surface area contributed by atoms with Crippen LogP contribution in [0.15, 0.2) is 5.38 Å². The molecule has 2 heterocycles. The fourth-order valence-electron chi connectivity index (χ4n) is 1.30. The zero-order valence-corrected chi connectivity index (χ0v) is 7.86. The predicted octanol–water partition coefficient (Wildman–Crippen LogP) is 1.11. The van der Waals surface area contributed by atoms with Crippen LogP contribution in [0.5, 0.6) is 0 Å². The van der Waals surface area contributed by atoms with Crippen molar-refractivity contribution in [3.8, 4) is 0 Å². The molecule has 1 atom stereocenters. The molecule has 2 rings (SSSR count). The number of aryl methyl sites for hydroxylation is 1. The minimum absolute atomic E-state index is 0.309. The van der Waals surface area contributed by atoms with Gasteiger partial charge in [0.15, 0.2) is 0 Å². The van der Waals surface area contributed by atoms with Crippen molar-refractivity contribution in [3.63, 3.8) is 0 Å². The summed E-state index contributed by atoms with van der Waals surface area (Å²) in [7, 11) is 0. The van der Waals surface area contributed by atoms with Crippen LogP contribution in [0.2, 0.25) is 0 Å². The van der Waals surface area contributed by atoms with Gasteiger partial charge in [0.2, 0.25) is 0 Å². The smallest absolute Gasteiger partial charge is 0.0898 e. The van der Waals surface area contributed by atoms with E-state index < -0.39 is 0 Å². The molecule has 1 aliphatic rings. The Balaban J connectivity index is 2.08. The van der Waals surface area contributed by atoms with E-state index in [0.717, 1.165) is 30.5 Å². The van der Waals surface area contributed by atoms with Crippen LogP contribution in [0.4, 0.5) is 0 Å². The summed E-state index contributed by atoms with van der Waals surface area (Å²) in [5.74, 6) is 0. The monoisotopic (exact) mass is 184 g/mol. The summed E-state index contributed by atoms with van der Waals surface area (Å²) in [6.07, 6.45) is 0. The van der Waals surface area contributed by atoms with Gasteiger partial charge in [0.05, 0.1) is 30.0 Å². The van der Waals surface area contributed by atoms with Crippen molar-refractivity contribution in [1.29, 1.82) is 0 Å². The van der Waals surface area contributed by atoms with Gasteiger partial charge in [-0.15, -0.1) is 11.3 Å². The number of nitrogens with one attached hydrogen (secondary N) is 1. The molecule has 0 aromatic carbocycles. The number of hydrogen-bond donors (Lipinski definition) is 1. The summed E-state index contributed by atoms with van der Waals surface area (Å²) in [5.41, 5.74) is 1.12. The van der Waals surface area contributed by atoms with Crippen LogP contribution in [-0.4, -0.2) is 24.7 Å². The lowest BCUT2D eigenvalue weighted by Crippen LogP contribution is -2.34. The highest BCUT2D eigenvalue weighted by Crippen LogP contribution is 2.17. The molecule has 0 spiro atoms. The third-order valence-electron chi connectivity index (χ3n) is 1.92. The molecule has 1 N–H and O–H groups in total. The van der Waals surface area contributed by atoms with Crippen LogP contribution in [0.25, 0.3) is 0 Å². The molecular formula is C8H12N2OS. The fourth-order valence-corrected chi connectivity index (χ4v) is 1.96. The van der Waals surface area contributed by atoms with Crippen LogP contribution >= 0.6 is 11.3 Å². The second-order valence-corrected chi connectivity index (χ2v) is 3.94. The molecule has 1 fully saturated rings. The Kier molecular flexibility index (Phi) is 2.39. The van der Waals surface area contributed by atoms with Crippen molar-refractivity contribution >= 4 is 11.3 Å². The van der Waals surface area contributed by atoms with Crippen LogP contribution in [0.1, 0.15) is 16.7 Å². The highest BCUT2D eigenvalue weighted by atomic mass is 32.1. The second kappa shape index (κ2) is 3.51. The molecule has 1 aromatic rings. The zero-order chi connectivity index (χ0) is 8.39. The first-order valence-electron chi connectivity index (χ1n) is 4.09. The molecule has 0 radical (unpaired) electrons. The van der Waals surface area contributed by atoms with E-state index in [9.17, 15) is 0 Å². The van der Waals surface area contributed by atoms with Gasteiger partial charge in [-0.2, -0.15) is 0 Å². The Bertz CT molecular complexity index is 255. The lowest BCUT2D eigenvalue weighted by molar-refractivity contribution is 0.0758. The van der Waals surface area contributed by atoms with Crippen LogP contribution in [0.3, 0.4) is 0 Å². The van der Waals surface area contributed by atoms with Crippen molar-refractivity contribution in [3.05, 3.63) is 16.1 Å². The molecule has 1 saturated heterocycles. The lowest BCUT2D eigenvalue weighted by atomic mass is 10.2. The summed E-state index contributed by atoms with van der Waals surface area (Å²) >= 11 is 1.69. The lowest BCUT2D eigenvalue weighted by Gasteiger charge is -2.21. The number of ether oxygens (including phenoxy) is 1. The average Bonchev–Trinajstić information content (AvgIpc) is 2.54. The van der Waals surface area contributed by atoms with Gasteiger partial charge in [-0.1, -0.05) is 0 Å². The molecule has 0 bridgehead atoms. The number of rotatable bonds is 1. The third kappa shape index (κ3) is 1.65. The number of hydrogen-bond acceptors (Lipinski definition) is 4. The Morgan fingerprint density at radius 1 is 1.75 bits per heavy atom. The average molecular weight is 184 g/mol. The van der Waals surface area contributed by atoms with E-state index in [2.05, 4.69) is 15.7 Å². The molecule has 12 heavy (non-hydrogen) atoms. The normalized spacial score (nSPS) is 24.2. The van der Waals surface area contributed by atoms with E-state index in [1.54, 1.807) is 11.3 Å². The third-order valence-corrected chi connectivity index (χ3v) is 2.71. The van der Waals surface area contributed by atoms with E-state index in [0.29, 0.717) is 6.04 Å². The summed E-state index contributed by atoms with van der Waals surface area (Å²) in [6, 6.07) is 0.309. The van der Waals surface area contributed by atoms with Gasteiger partial charge in [0, 0.05) is 11.9 Å². The highest BCUT2D eigenvalue weighted by Gasteiger charge is 2.16. The van der Waals surface area contributed by atoms with Crippen molar-refractivity contribution in [2.24, 2.45) is 0 Å². The SMILES string of the molecule is Cc1nc([C@@H]2COCCN2)cs1. The van der Waals surface area contributed by atoms with Crippen LogP contribution in [-0.2, 0) is 4.74 Å². The molecule has 0 amide bonds. The Hall–Kier alpha value is -0.450. The molecule has 66 valence electrons. The van der Waals surface area contributed by atoms with Crippen LogP contribution in [0, 0.1) is 6.92 Å². The minimum Gasteiger partial charge on any atom is -0.378 e. The van der Waals surface area contributed by atoms with E-state index in [-0.39, 0.29) is 0 Å². The number of aromatic nitrogens is 1. The summed E-state index contributed by atoms with van der Waals surface area (Å²) in [5, 5.41) is 6.59. The number of thiazole rings is 1. The van der Waals surface area contributed by atoms with Crippen molar-refractivity contribution in [1.82, 2.24) is 10.3 Å². The van der Waals surface area contributed by atoms with E-state index in [4.69, 9.17) is 4.74 Å². The van der Waals surface area contributed by atoms with Gasteiger partial charge in [0.1, 0.15) is 0 Å². The molecule has 4 heteroatoms. The standard InChI is InChI=1S/C8H12N2OS/c1-6-10-8(5-12-6)7-4-11-3-2-9-7/h5,7,9H,2-4H2,1H3/t7-/m0/s1. The van der Waals surface area contributed by atoms with Gasteiger partial charge >= 0.3 is 0 Å². The van der Waals surface area contributed by atoms with Gasteiger partial charge < -0.3 is 10.1 Å². The quantitative estimate of drug-likeness (QED) is 0.710. The van der Waals surface area contributed by atoms with Gasteiger partial charge in [0.25, 0.3) is 0 Å². The van der Waals surface area contributed by atoms with Crippen molar-refractivity contribution < 1.29 is 4.74 Å². The molecule has 0 unspecified atom stereocenters. The molecule has 0 saturated carbocycles. The maximum atomic E-state index is 5.35. The maximum absolute atomic E-state index is 5.35. The van der Waals surface area contributed by atoms with Gasteiger partial charge in [-0.3, -0.25) is 0 Å². The highest BCUT2D eigenvalue weighted by molar-refractivity contribution is 7.09. The van der Waals surface area contributed by atoms with Gasteiger partial charge in [-0.25, -0.2) is 4.98 Å². The van der Waals surface area contributed by atoms with E-state index in [1.165, 1.54) is 0 Å². The first-order chi connectivity index (χ1) is 5.86. The zero-order valence-electron chi connectivity index (χ0n) is 7.04. The van der Waals surface area contributed by atoms with Crippen molar-refractivity contribution in [2.75, 3.05) is 19.8 Å². The van der Waals surface area contributed by atoms with Crippen LogP contribution < -0.4 is 5.32 Å². The first-order valence-corrected chi connectivity index (χ1v) is 4.97. The first kappa shape index (κ1) is 8.16. The van der Waals surface area contributed by atoms with Gasteiger partial charge in [-0.05, 0) is 6.92 Å². The summed E-state index contributed by atoms with van der Waals surface area (Å²) in [6.45, 7) is 4.53. The number of morpholine rings is 1. The topological polar surface area (TPSA) is 34.1 Å².